The molecule has 0 aliphatic rings. The molecule has 90 valence electrons. The topological polar surface area (TPSA) is 12.9 Å². The summed E-state index contributed by atoms with van der Waals surface area (Å²) in [6.45, 7) is 13.6. The molecule has 0 radical (unpaired) electrons. The molecule has 0 amide bonds. The van der Waals surface area contributed by atoms with E-state index in [0.717, 1.165) is 6.42 Å². The minimum atomic E-state index is 0.199. The summed E-state index contributed by atoms with van der Waals surface area (Å²) in [4.78, 5) is 4.35. The van der Waals surface area contributed by atoms with E-state index in [1.165, 1.54) is 17.5 Å². The van der Waals surface area contributed by atoms with E-state index < -0.39 is 0 Å². The third-order valence-electron chi connectivity index (χ3n) is 2.82. The van der Waals surface area contributed by atoms with Gasteiger partial charge in [0.25, 0.3) is 0 Å². The van der Waals surface area contributed by atoms with E-state index in [-0.39, 0.29) is 5.41 Å². The van der Waals surface area contributed by atoms with Crippen molar-refractivity contribution in [1.82, 2.24) is 4.98 Å². The largest absolute Gasteiger partial charge is 0.264 e. The zero-order valence-electron chi connectivity index (χ0n) is 11.6. The van der Waals surface area contributed by atoms with Crippen LogP contribution in [0.25, 0.3) is 0 Å². The van der Waals surface area contributed by atoms with Gasteiger partial charge in [0.2, 0.25) is 0 Å². The van der Waals surface area contributed by atoms with Gasteiger partial charge in [0, 0.05) is 12.4 Å². The number of rotatable bonds is 2. The van der Waals surface area contributed by atoms with E-state index >= 15 is 0 Å². The van der Waals surface area contributed by atoms with Crippen molar-refractivity contribution in [1.29, 1.82) is 0 Å². The summed E-state index contributed by atoms with van der Waals surface area (Å²) in [5.41, 5.74) is 3.30. The van der Waals surface area contributed by atoms with Crippen LogP contribution in [0.2, 0.25) is 0 Å². The number of aryl methyl sites for hydroxylation is 1. The zero-order chi connectivity index (χ0) is 12.4. The second-order valence-electron chi connectivity index (χ2n) is 6.89. The SMILES string of the molecule is CC(C)(C)CCc1cncc(C(C)(C)C)c1. The predicted molar refractivity (Wildman–Crippen MR) is 70.7 cm³/mol. The zero-order valence-corrected chi connectivity index (χ0v) is 11.6. The van der Waals surface area contributed by atoms with Crippen LogP contribution in [0.3, 0.4) is 0 Å². The fourth-order valence-electron chi connectivity index (χ4n) is 1.55. The third-order valence-corrected chi connectivity index (χ3v) is 2.82. The van der Waals surface area contributed by atoms with Crippen LogP contribution >= 0.6 is 0 Å². The Morgan fingerprint density at radius 1 is 1.00 bits per heavy atom. The molecule has 0 saturated carbocycles. The molecule has 1 aromatic heterocycles. The van der Waals surface area contributed by atoms with Crippen LogP contribution in [0, 0.1) is 5.41 Å². The van der Waals surface area contributed by atoms with Gasteiger partial charge in [-0.2, -0.15) is 0 Å². The van der Waals surface area contributed by atoms with Gasteiger partial charge in [0.05, 0.1) is 0 Å². The van der Waals surface area contributed by atoms with E-state index in [2.05, 4.69) is 52.6 Å². The first-order valence-corrected chi connectivity index (χ1v) is 6.13. The number of hydrogen-bond acceptors (Lipinski definition) is 1. The van der Waals surface area contributed by atoms with Crippen LogP contribution in [-0.2, 0) is 11.8 Å². The molecule has 0 fully saturated rings. The average Bonchev–Trinajstić information content (AvgIpc) is 2.13. The molecule has 0 aliphatic carbocycles. The van der Waals surface area contributed by atoms with E-state index in [4.69, 9.17) is 0 Å². The molecule has 1 nitrogen and oxygen atoms in total. The van der Waals surface area contributed by atoms with E-state index in [1.807, 2.05) is 12.4 Å². The number of pyridine rings is 1. The maximum absolute atomic E-state index is 4.35. The Morgan fingerprint density at radius 2 is 1.62 bits per heavy atom. The molecule has 0 atom stereocenters. The molecular weight excluding hydrogens is 194 g/mol. The van der Waals surface area contributed by atoms with Gasteiger partial charge in [-0.15, -0.1) is 0 Å². The summed E-state index contributed by atoms with van der Waals surface area (Å²) < 4.78 is 0. The molecule has 0 N–H and O–H groups in total. The molecule has 1 heterocycles. The Balaban J connectivity index is 2.76. The maximum Gasteiger partial charge on any atom is 0.0305 e. The number of hydrogen-bond donors (Lipinski definition) is 0. The molecule has 1 rings (SSSR count). The Hall–Kier alpha value is -0.850. The van der Waals surface area contributed by atoms with Crippen molar-refractivity contribution in [3.05, 3.63) is 29.6 Å². The summed E-state index contributed by atoms with van der Waals surface area (Å²) in [6.07, 6.45) is 6.32. The molecule has 0 unspecified atom stereocenters. The summed E-state index contributed by atoms with van der Waals surface area (Å²) in [5.74, 6) is 0. The fraction of sp³-hybridized carbons (Fsp3) is 0.667. The van der Waals surface area contributed by atoms with Crippen LogP contribution in [0.15, 0.2) is 18.5 Å². The molecular formula is C15H25N. The maximum atomic E-state index is 4.35. The Morgan fingerprint density at radius 3 is 2.12 bits per heavy atom. The summed E-state index contributed by atoms with van der Waals surface area (Å²) in [5, 5.41) is 0. The quantitative estimate of drug-likeness (QED) is 0.720. The standard InChI is InChI=1S/C15H25N/c1-14(2,3)8-7-12-9-13(11-16-10-12)15(4,5)6/h9-11H,7-8H2,1-6H3. The highest BCUT2D eigenvalue weighted by atomic mass is 14.6. The van der Waals surface area contributed by atoms with Gasteiger partial charge in [-0.05, 0) is 34.8 Å². The predicted octanol–water partition coefficient (Wildman–Crippen LogP) is 4.36. The first-order chi connectivity index (χ1) is 7.18. The van der Waals surface area contributed by atoms with Crippen LogP contribution in [0.4, 0.5) is 0 Å². The van der Waals surface area contributed by atoms with Crippen molar-refractivity contribution in [2.24, 2.45) is 5.41 Å². The molecule has 0 aromatic carbocycles. The molecule has 0 bridgehead atoms. The van der Waals surface area contributed by atoms with Crippen LogP contribution < -0.4 is 0 Å². The summed E-state index contributed by atoms with van der Waals surface area (Å²) in [6, 6.07) is 2.30. The highest BCUT2D eigenvalue weighted by Gasteiger charge is 2.15. The first-order valence-electron chi connectivity index (χ1n) is 6.13. The van der Waals surface area contributed by atoms with Crippen LogP contribution in [0.1, 0.15) is 59.1 Å². The van der Waals surface area contributed by atoms with Gasteiger partial charge in [0.15, 0.2) is 0 Å². The lowest BCUT2D eigenvalue weighted by molar-refractivity contribution is 0.378. The van der Waals surface area contributed by atoms with Gasteiger partial charge >= 0.3 is 0 Å². The number of aromatic nitrogens is 1. The summed E-state index contributed by atoms with van der Waals surface area (Å²) in [7, 11) is 0. The second-order valence-corrected chi connectivity index (χ2v) is 6.89. The van der Waals surface area contributed by atoms with E-state index in [1.54, 1.807) is 0 Å². The highest BCUT2D eigenvalue weighted by molar-refractivity contribution is 5.24. The highest BCUT2D eigenvalue weighted by Crippen LogP contribution is 2.25. The lowest BCUT2D eigenvalue weighted by Gasteiger charge is -2.21. The number of nitrogens with zero attached hydrogens (tertiary/aromatic N) is 1. The molecule has 1 aromatic rings. The van der Waals surface area contributed by atoms with Crippen LogP contribution in [0.5, 0.6) is 0 Å². The van der Waals surface area contributed by atoms with Gasteiger partial charge in [-0.25, -0.2) is 0 Å². The molecule has 16 heavy (non-hydrogen) atoms. The minimum absolute atomic E-state index is 0.199. The Bertz CT molecular complexity index is 339. The second kappa shape index (κ2) is 4.57. The van der Waals surface area contributed by atoms with Crippen molar-refractivity contribution in [3.63, 3.8) is 0 Å². The third kappa shape index (κ3) is 4.34. The summed E-state index contributed by atoms with van der Waals surface area (Å²) >= 11 is 0. The van der Waals surface area contributed by atoms with Crippen molar-refractivity contribution < 1.29 is 0 Å². The fourth-order valence-corrected chi connectivity index (χ4v) is 1.55. The molecule has 0 spiro atoms. The Labute approximate surface area is 100 Å². The lowest BCUT2D eigenvalue weighted by Crippen LogP contribution is -2.12. The van der Waals surface area contributed by atoms with Crippen molar-refractivity contribution >= 4 is 0 Å². The van der Waals surface area contributed by atoms with Crippen molar-refractivity contribution in [3.8, 4) is 0 Å². The molecule has 0 aliphatic heterocycles. The van der Waals surface area contributed by atoms with Gasteiger partial charge in [-0.3, -0.25) is 4.98 Å². The van der Waals surface area contributed by atoms with Crippen LogP contribution in [-0.4, -0.2) is 4.98 Å². The first kappa shape index (κ1) is 13.2. The average molecular weight is 219 g/mol. The lowest BCUT2D eigenvalue weighted by atomic mass is 9.85. The normalized spacial score (nSPS) is 12.9. The molecule has 0 saturated heterocycles. The van der Waals surface area contributed by atoms with E-state index in [0.29, 0.717) is 5.41 Å². The van der Waals surface area contributed by atoms with Gasteiger partial charge < -0.3 is 0 Å². The minimum Gasteiger partial charge on any atom is -0.264 e. The van der Waals surface area contributed by atoms with E-state index in [9.17, 15) is 0 Å². The van der Waals surface area contributed by atoms with Crippen molar-refractivity contribution in [2.45, 2.75) is 59.8 Å². The van der Waals surface area contributed by atoms with Gasteiger partial charge in [0.1, 0.15) is 0 Å². The Kier molecular flexibility index (Phi) is 3.77. The van der Waals surface area contributed by atoms with Crippen molar-refractivity contribution in [2.75, 3.05) is 0 Å². The molecule has 1 heteroatoms. The van der Waals surface area contributed by atoms with Gasteiger partial charge in [-0.1, -0.05) is 47.6 Å². The monoisotopic (exact) mass is 219 g/mol. The smallest absolute Gasteiger partial charge is 0.0305 e.